The summed E-state index contributed by atoms with van der Waals surface area (Å²) in [6.45, 7) is 0.776. The average Bonchev–Trinajstić information content (AvgIpc) is 2.61. The quantitative estimate of drug-likeness (QED) is 0.706. The molecule has 0 aliphatic carbocycles. The molecule has 6 nitrogen and oxygen atoms in total. The van der Waals surface area contributed by atoms with Gasteiger partial charge in [0.05, 0.1) is 18.5 Å². The van der Waals surface area contributed by atoms with Crippen molar-refractivity contribution >= 4 is 27.5 Å². The predicted octanol–water partition coefficient (Wildman–Crippen LogP) is 2.25. The van der Waals surface area contributed by atoms with Gasteiger partial charge >= 0.3 is 0 Å². The Labute approximate surface area is 159 Å². The Morgan fingerprint density at radius 2 is 1.88 bits per heavy atom. The number of halogens is 1. The van der Waals surface area contributed by atoms with Crippen LogP contribution in [0.2, 0.25) is 5.02 Å². The number of benzene rings is 1. The third-order valence-corrected chi connectivity index (χ3v) is 5.37. The number of rotatable bonds is 9. The van der Waals surface area contributed by atoms with Gasteiger partial charge < -0.3 is 5.32 Å². The van der Waals surface area contributed by atoms with E-state index in [9.17, 15) is 13.2 Å². The third kappa shape index (κ3) is 7.11. The van der Waals surface area contributed by atoms with Gasteiger partial charge in [0.2, 0.25) is 15.9 Å². The lowest BCUT2D eigenvalue weighted by Crippen LogP contribution is -2.36. The van der Waals surface area contributed by atoms with E-state index < -0.39 is 10.0 Å². The molecule has 0 spiro atoms. The number of sulfonamides is 1. The van der Waals surface area contributed by atoms with Gasteiger partial charge in [-0.15, -0.1) is 0 Å². The molecule has 0 unspecified atom stereocenters. The van der Waals surface area contributed by atoms with Crippen molar-refractivity contribution in [1.82, 2.24) is 14.6 Å². The number of nitrogens with zero attached hydrogens (tertiary/aromatic N) is 2. The van der Waals surface area contributed by atoms with Crippen molar-refractivity contribution in [3.05, 3.63) is 64.9 Å². The summed E-state index contributed by atoms with van der Waals surface area (Å²) in [6.07, 6.45) is 3.46. The van der Waals surface area contributed by atoms with Gasteiger partial charge in [-0.1, -0.05) is 29.8 Å². The topological polar surface area (TPSA) is 79.4 Å². The van der Waals surface area contributed by atoms with Crippen LogP contribution in [0.5, 0.6) is 0 Å². The van der Waals surface area contributed by atoms with E-state index in [-0.39, 0.29) is 18.9 Å². The lowest BCUT2D eigenvalue weighted by atomic mass is 10.1. The number of amides is 1. The van der Waals surface area contributed by atoms with Crippen LogP contribution in [-0.2, 0) is 27.8 Å². The molecule has 0 aliphatic rings. The van der Waals surface area contributed by atoms with Crippen molar-refractivity contribution in [3.8, 4) is 0 Å². The van der Waals surface area contributed by atoms with Crippen molar-refractivity contribution < 1.29 is 13.2 Å². The molecule has 0 saturated heterocycles. The highest BCUT2D eigenvalue weighted by molar-refractivity contribution is 7.88. The lowest BCUT2D eigenvalue weighted by molar-refractivity contribution is -0.121. The van der Waals surface area contributed by atoms with E-state index in [1.165, 1.54) is 4.31 Å². The molecule has 0 atom stereocenters. The number of carbonyl (C=O) groups excluding carboxylic acids is 1. The average molecular weight is 396 g/mol. The fourth-order valence-corrected chi connectivity index (χ4v) is 3.33. The van der Waals surface area contributed by atoms with Crippen LogP contribution < -0.4 is 5.32 Å². The summed E-state index contributed by atoms with van der Waals surface area (Å²) in [4.78, 5) is 16.1. The minimum Gasteiger partial charge on any atom is -0.350 e. The van der Waals surface area contributed by atoms with E-state index in [1.807, 2.05) is 24.3 Å². The monoisotopic (exact) mass is 395 g/mol. The smallest absolute Gasteiger partial charge is 0.221 e. The maximum Gasteiger partial charge on any atom is 0.221 e. The van der Waals surface area contributed by atoms with Gasteiger partial charge in [-0.2, -0.15) is 0 Å². The van der Waals surface area contributed by atoms with Crippen LogP contribution in [0, 0.1) is 0 Å². The molecule has 0 saturated carbocycles. The SMILES string of the molecule is CS(=O)(=O)N(CCC(=O)NCc1ccccn1)CCc1ccc(Cl)cc1. The third-order valence-electron chi connectivity index (χ3n) is 3.81. The molecular weight excluding hydrogens is 374 g/mol. The van der Waals surface area contributed by atoms with Crippen LogP contribution in [0.15, 0.2) is 48.7 Å². The molecule has 26 heavy (non-hydrogen) atoms. The molecule has 0 radical (unpaired) electrons. The van der Waals surface area contributed by atoms with Gasteiger partial charge in [0, 0.05) is 30.7 Å². The highest BCUT2D eigenvalue weighted by Crippen LogP contribution is 2.11. The Morgan fingerprint density at radius 3 is 2.50 bits per heavy atom. The van der Waals surface area contributed by atoms with Crippen molar-refractivity contribution in [3.63, 3.8) is 0 Å². The number of aromatic nitrogens is 1. The zero-order valence-electron chi connectivity index (χ0n) is 14.6. The van der Waals surface area contributed by atoms with Crippen molar-refractivity contribution in [1.29, 1.82) is 0 Å². The standard InChI is InChI=1S/C18H22ClN3O3S/c1-26(24,25)22(12-9-15-5-7-16(19)8-6-15)13-10-18(23)21-14-17-4-2-3-11-20-17/h2-8,11H,9-10,12-14H2,1H3,(H,21,23). The first-order valence-corrected chi connectivity index (χ1v) is 10.4. The second-order valence-electron chi connectivity index (χ2n) is 5.89. The molecule has 2 rings (SSSR count). The molecule has 1 heterocycles. The minimum atomic E-state index is -3.39. The minimum absolute atomic E-state index is 0.0977. The van der Waals surface area contributed by atoms with E-state index in [1.54, 1.807) is 24.4 Å². The predicted molar refractivity (Wildman–Crippen MR) is 102 cm³/mol. The maximum atomic E-state index is 12.0. The highest BCUT2D eigenvalue weighted by Gasteiger charge is 2.17. The van der Waals surface area contributed by atoms with Crippen LogP contribution in [0.4, 0.5) is 0 Å². The lowest BCUT2D eigenvalue weighted by Gasteiger charge is -2.19. The number of pyridine rings is 1. The molecule has 1 amide bonds. The summed E-state index contributed by atoms with van der Waals surface area (Å²) in [5, 5.41) is 3.39. The van der Waals surface area contributed by atoms with Gasteiger partial charge in [0.15, 0.2) is 0 Å². The normalized spacial score (nSPS) is 11.5. The van der Waals surface area contributed by atoms with E-state index in [0.717, 1.165) is 17.5 Å². The Hall–Kier alpha value is -1.96. The molecule has 0 bridgehead atoms. The van der Waals surface area contributed by atoms with E-state index in [2.05, 4.69) is 10.3 Å². The van der Waals surface area contributed by atoms with Gasteiger partial charge in [0.1, 0.15) is 0 Å². The first kappa shape index (κ1) is 20.4. The van der Waals surface area contributed by atoms with Crippen LogP contribution in [0.25, 0.3) is 0 Å². The van der Waals surface area contributed by atoms with Crippen LogP contribution in [-0.4, -0.2) is 43.0 Å². The second kappa shape index (κ2) is 9.66. The fourth-order valence-electron chi connectivity index (χ4n) is 2.35. The van der Waals surface area contributed by atoms with Crippen molar-refractivity contribution in [2.45, 2.75) is 19.4 Å². The zero-order chi connectivity index (χ0) is 19.0. The Morgan fingerprint density at radius 1 is 1.15 bits per heavy atom. The van der Waals surface area contributed by atoms with E-state index >= 15 is 0 Å². The van der Waals surface area contributed by atoms with Crippen molar-refractivity contribution in [2.75, 3.05) is 19.3 Å². The number of hydrogen-bond donors (Lipinski definition) is 1. The van der Waals surface area contributed by atoms with Gasteiger partial charge in [0.25, 0.3) is 0 Å². The second-order valence-corrected chi connectivity index (χ2v) is 8.31. The van der Waals surface area contributed by atoms with Crippen molar-refractivity contribution in [2.24, 2.45) is 0 Å². The number of nitrogens with one attached hydrogen (secondary N) is 1. The van der Waals surface area contributed by atoms with Gasteiger partial charge in [-0.3, -0.25) is 9.78 Å². The highest BCUT2D eigenvalue weighted by atomic mass is 35.5. The van der Waals surface area contributed by atoms with E-state index in [0.29, 0.717) is 24.5 Å². The summed E-state index contributed by atoms with van der Waals surface area (Å²) in [5.74, 6) is -0.212. The van der Waals surface area contributed by atoms with Crippen LogP contribution in [0.1, 0.15) is 17.7 Å². The van der Waals surface area contributed by atoms with Crippen LogP contribution in [0.3, 0.4) is 0 Å². The first-order chi connectivity index (χ1) is 12.3. The maximum absolute atomic E-state index is 12.0. The molecule has 0 aliphatic heterocycles. The Bertz CT molecular complexity index is 811. The molecule has 1 aromatic carbocycles. The van der Waals surface area contributed by atoms with Gasteiger partial charge in [-0.25, -0.2) is 12.7 Å². The number of carbonyl (C=O) groups is 1. The summed E-state index contributed by atoms with van der Waals surface area (Å²) >= 11 is 5.85. The molecule has 1 N–H and O–H groups in total. The van der Waals surface area contributed by atoms with Gasteiger partial charge in [-0.05, 0) is 36.2 Å². The summed E-state index contributed by atoms with van der Waals surface area (Å²) in [5.41, 5.74) is 1.74. The molecule has 1 aromatic heterocycles. The fraction of sp³-hybridized carbons (Fsp3) is 0.333. The Kier molecular flexibility index (Phi) is 7.56. The van der Waals surface area contributed by atoms with Crippen LogP contribution >= 0.6 is 11.6 Å². The molecule has 8 heteroatoms. The zero-order valence-corrected chi connectivity index (χ0v) is 16.1. The van der Waals surface area contributed by atoms with E-state index in [4.69, 9.17) is 11.6 Å². The molecule has 2 aromatic rings. The summed E-state index contributed by atoms with van der Waals surface area (Å²) < 4.78 is 25.2. The molecule has 0 fully saturated rings. The summed E-state index contributed by atoms with van der Waals surface area (Å²) in [7, 11) is -3.39. The number of hydrogen-bond acceptors (Lipinski definition) is 4. The largest absolute Gasteiger partial charge is 0.350 e. The summed E-state index contributed by atoms with van der Waals surface area (Å²) in [6, 6.07) is 12.7. The molecule has 140 valence electrons. The Balaban J connectivity index is 1.83. The molecular formula is C18H22ClN3O3S. The first-order valence-electron chi connectivity index (χ1n) is 8.21.